The number of hydrogen-bond acceptors (Lipinski definition) is 6. The number of hydrogen-bond donors (Lipinski definition) is 0. The highest BCUT2D eigenvalue weighted by molar-refractivity contribution is 5.87. The van der Waals surface area contributed by atoms with E-state index in [1.807, 2.05) is 6.92 Å². The molecule has 6 heteroatoms. The van der Waals surface area contributed by atoms with Gasteiger partial charge in [0.2, 0.25) is 6.79 Å². The van der Waals surface area contributed by atoms with E-state index >= 15 is 0 Å². The summed E-state index contributed by atoms with van der Waals surface area (Å²) in [5, 5.41) is 0. The summed E-state index contributed by atoms with van der Waals surface area (Å²) in [5.74, 6) is -1.53. The van der Waals surface area contributed by atoms with Crippen molar-refractivity contribution in [2.24, 2.45) is 16.2 Å². The van der Waals surface area contributed by atoms with Crippen LogP contribution in [0.5, 0.6) is 0 Å². The Kier molecular flexibility index (Phi) is 7.26. The summed E-state index contributed by atoms with van der Waals surface area (Å²) in [4.78, 5) is 36.3. The molecule has 0 fully saturated rings. The van der Waals surface area contributed by atoms with Gasteiger partial charge in [0.15, 0.2) is 0 Å². The molecule has 0 aliphatic rings. The van der Waals surface area contributed by atoms with Gasteiger partial charge in [-0.15, -0.1) is 0 Å². The molecule has 0 amide bonds. The summed E-state index contributed by atoms with van der Waals surface area (Å²) in [6.45, 7) is 11.6. The summed E-state index contributed by atoms with van der Waals surface area (Å²) in [6.07, 6.45) is 0.990. The van der Waals surface area contributed by atoms with E-state index in [-0.39, 0.29) is 0 Å². The van der Waals surface area contributed by atoms with Crippen LogP contribution in [0.3, 0.4) is 0 Å². The van der Waals surface area contributed by atoms with E-state index in [1.165, 1.54) is 7.11 Å². The molecule has 6 nitrogen and oxygen atoms in total. The minimum absolute atomic E-state index is 0.377. The molecular weight excluding hydrogens is 300 g/mol. The van der Waals surface area contributed by atoms with Crippen molar-refractivity contribution in [1.82, 2.24) is 0 Å². The minimum atomic E-state index is -1.09. The maximum atomic E-state index is 12.4. The van der Waals surface area contributed by atoms with E-state index in [0.717, 1.165) is 0 Å². The highest BCUT2D eigenvalue weighted by atomic mass is 16.7. The molecule has 0 N–H and O–H groups in total. The van der Waals surface area contributed by atoms with E-state index in [2.05, 4.69) is 0 Å². The van der Waals surface area contributed by atoms with Gasteiger partial charge in [-0.3, -0.25) is 14.4 Å². The summed E-state index contributed by atoms with van der Waals surface area (Å²) in [7, 11) is 1.28. The van der Waals surface area contributed by atoms with Gasteiger partial charge in [-0.05, 0) is 47.5 Å². The number of esters is 3. The van der Waals surface area contributed by atoms with Gasteiger partial charge in [-0.25, -0.2) is 0 Å². The Labute approximate surface area is 138 Å². The Morgan fingerprint density at radius 1 is 0.783 bits per heavy atom. The zero-order chi connectivity index (χ0) is 18.5. The van der Waals surface area contributed by atoms with E-state index in [1.54, 1.807) is 41.5 Å². The van der Waals surface area contributed by atoms with Crippen molar-refractivity contribution in [3.63, 3.8) is 0 Å². The van der Waals surface area contributed by atoms with Crippen molar-refractivity contribution >= 4 is 17.9 Å². The number of carbonyl (C=O) groups is 3. The zero-order valence-electron chi connectivity index (χ0n) is 15.6. The first-order valence-corrected chi connectivity index (χ1v) is 7.83. The van der Waals surface area contributed by atoms with Crippen LogP contribution in [0.1, 0.15) is 61.3 Å². The molecule has 0 saturated carbocycles. The van der Waals surface area contributed by atoms with Crippen LogP contribution < -0.4 is 0 Å². The second-order valence-corrected chi connectivity index (χ2v) is 7.02. The summed E-state index contributed by atoms with van der Waals surface area (Å²) in [6, 6.07) is 0. The smallest absolute Gasteiger partial charge is 0.315 e. The van der Waals surface area contributed by atoms with Crippen LogP contribution in [-0.2, 0) is 28.6 Å². The van der Waals surface area contributed by atoms with Gasteiger partial charge in [0, 0.05) is 0 Å². The van der Waals surface area contributed by atoms with Crippen LogP contribution in [0.2, 0.25) is 0 Å². The molecule has 23 heavy (non-hydrogen) atoms. The van der Waals surface area contributed by atoms with E-state index in [4.69, 9.17) is 14.2 Å². The summed E-state index contributed by atoms with van der Waals surface area (Å²) < 4.78 is 14.9. The van der Waals surface area contributed by atoms with Gasteiger partial charge in [0.1, 0.15) is 0 Å². The maximum absolute atomic E-state index is 12.4. The summed E-state index contributed by atoms with van der Waals surface area (Å²) in [5.41, 5.74) is -2.79. The fourth-order valence-corrected chi connectivity index (χ4v) is 1.96. The Bertz CT molecular complexity index is 452. The summed E-state index contributed by atoms with van der Waals surface area (Å²) >= 11 is 0. The fourth-order valence-electron chi connectivity index (χ4n) is 1.96. The first-order chi connectivity index (χ1) is 10.4. The van der Waals surface area contributed by atoms with Crippen LogP contribution in [0, 0.1) is 16.2 Å². The van der Waals surface area contributed by atoms with E-state index < -0.39 is 40.9 Å². The van der Waals surface area contributed by atoms with Gasteiger partial charge < -0.3 is 14.2 Å². The Morgan fingerprint density at radius 3 is 1.65 bits per heavy atom. The van der Waals surface area contributed by atoms with E-state index in [9.17, 15) is 14.4 Å². The molecule has 0 rings (SSSR count). The highest BCUT2D eigenvalue weighted by Gasteiger charge is 2.52. The van der Waals surface area contributed by atoms with Crippen LogP contribution in [0.25, 0.3) is 0 Å². The lowest BCUT2D eigenvalue weighted by atomic mass is 9.65. The number of rotatable bonds is 8. The maximum Gasteiger partial charge on any atom is 0.315 e. The first kappa shape index (κ1) is 21.4. The highest BCUT2D eigenvalue weighted by Crippen LogP contribution is 2.43. The fraction of sp³-hybridized carbons (Fsp3) is 0.824. The van der Waals surface area contributed by atoms with Crippen LogP contribution in [-0.4, -0.2) is 31.8 Å². The molecule has 0 saturated heterocycles. The van der Waals surface area contributed by atoms with Gasteiger partial charge in [0.25, 0.3) is 0 Å². The first-order valence-electron chi connectivity index (χ1n) is 7.83. The Balaban J connectivity index is 4.94. The number of ether oxygens (including phenoxy) is 3. The monoisotopic (exact) mass is 330 g/mol. The molecular formula is C17H30O6. The van der Waals surface area contributed by atoms with Crippen molar-refractivity contribution in [2.45, 2.75) is 61.3 Å². The van der Waals surface area contributed by atoms with Gasteiger partial charge in [-0.1, -0.05) is 13.8 Å². The second kappa shape index (κ2) is 7.79. The molecule has 1 unspecified atom stereocenters. The largest absolute Gasteiger partial charge is 0.469 e. The molecule has 0 aromatic carbocycles. The van der Waals surface area contributed by atoms with Crippen LogP contribution in [0.15, 0.2) is 0 Å². The van der Waals surface area contributed by atoms with Gasteiger partial charge >= 0.3 is 17.9 Å². The predicted molar refractivity (Wildman–Crippen MR) is 85.3 cm³/mol. The molecule has 0 spiro atoms. The van der Waals surface area contributed by atoms with Gasteiger partial charge in [-0.2, -0.15) is 0 Å². The predicted octanol–water partition coefficient (Wildman–Crippen LogP) is 3.08. The van der Waals surface area contributed by atoms with Crippen molar-refractivity contribution in [2.75, 3.05) is 13.9 Å². The SMILES string of the molecule is CCC(C)(C)C(=O)OCOC(=O)C(C)(CC)C(C)(C)C(=O)OC. The standard InChI is InChI=1S/C17H30O6/c1-9-15(3,4)12(18)22-11-23-14(20)17(7,10-2)16(5,6)13(19)21-8/h9-11H2,1-8H3. The Morgan fingerprint density at radius 2 is 1.26 bits per heavy atom. The van der Waals surface area contributed by atoms with Gasteiger partial charge in [0.05, 0.1) is 23.4 Å². The molecule has 0 aromatic heterocycles. The lowest BCUT2D eigenvalue weighted by Gasteiger charge is -2.38. The zero-order valence-corrected chi connectivity index (χ0v) is 15.6. The lowest BCUT2D eigenvalue weighted by Crippen LogP contribution is -2.48. The average Bonchev–Trinajstić information content (AvgIpc) is 2.52. The lowest BCUT2D eigenvalue weighted by molar-refractivity contribution is -0.189. The minimum Gasteiger partial charge on any atom is -0.469 e. The third-order valence-electron chi connectivity index (χ3n) is 5.05. The van der Waals surface area contributed by atoms with Crippen molar-refractivity contribution < 1.29 is 28.6 Å². The quantitative estimate of drug-likeness (QED) is 0.503. The number of methoxy groups -OCH3 is 1. The average molecular weight is 330 g/mol. The van der Waals surface area contributed by atoms with Crippen molar-refractivity contribution in [3.05, 3.63) is 0 Å². The molecule has 0 aliphatic heterocycles. The molecule has 1 atom stereocenters. The number of carbonyl (C=O) groups excluding carboxylic acids is 3. The molecule has 134 valence electrons. The Hall–Kier alpha value is -1.59. The third-order valence-corrected chi connectivity index (χ3v) is 5.05. The molecule has 0 radical (unpaired) electrons. The van der Waals surface area contributed by atoms with E-state index in [0.29, 0.717) is 12.8 Å². The normalized spacial score (nSPS) is 14.6. The van der Waals surface area contributed by atoms with Crippen molar-refractivity contribution in [1.29, 1.82) is 0 Å². The third kappa shape index (κ3) is 4.45. The second-order valence-electron chi connectivity index (χ2n) is 7.02. The van der Waals surface area contributed by atoms with Crippen LogP contribution in [0.4, 0.5) is 0 Å². The molecule has 0 aromatic rings. The molecule has 0 heterocycles. The van der Waals surface area contributed by atoms with Crippen LogP contribution >= 0.6 is 0 Å². The molecule has 0 aliphatic carbocycles. The van der Waals surface area contributed by atoms with Crippen molar-refractivity contribution in [3.8, 4) is 0 Å². The topological polar surface area (TPSA) is 78.9 Å². The molecule has 0 bridgehead atoms.